The third-order valence-electron chi connectivity index (χ3n) is 4.16. The molecular weight excluding hydrogens is 304 g/mol. The van der Waals surface area contributed by atoms with E-state index in [1.165, 1.54) is 5.69 Å². The van der Waals surface area contributed by atoms with Gasteiger partial charge in [-0.05, 0) is 49.9 Å². The summed E-state index contributed by atoms with van der Waals surface area (Å²) in [5.41, 5.74) is 2.20. The van der Waals surface area contributed by atoms with Gasteiger partial charge in [-0.15, -0.1) is 0 Å². The second-order valence-electron chi connectivity index (χ2n) is 6.08. The first-order chi connectivity index (χ1) is 11.5. The molecule has 0 fully saturated rings. The first-order valence-electron chi connectivity index (χ1n) is 8.18. The Balaban J connectivity index is 1.79. The molecule has 0 aliphatic heterocycles. The third-order valence-corrected chi connectivity index (χ3v) is 4.16. The van der Waals surface area contributed by atoms with E-state index in [4.69, 9.17) is 5.11 Å². The van der Waals surface area contributed by atoms with Crippen molar-refractivity contribution < 1.29 is 14.7 Å². The highest BCUT2D eigenvalue weighted by Gasteiger charge is 2.12. The van der Waals surface area contributed by atoms with Gasteiger partial charge < -0.3 is 15.0 Å². The minimum atomic E-state index is -0.957. The smallest absolute Gasteiger partial charge is 0.335 e. The second kappa shape index (κ2) is 8.34. The van der Waals surface area contributed by atoms with E-state index in [9.17, 15) is 9.59 Å². The van der Waals surface area contributed by atoms with Crippen LogP contribution in [0, 0.1) is 0 Å². The zero-order valence-corrected chi connectivity index (χ0v) is 14.2. The molecule has 0 aliphatic rings. The lowest BCUT2D eigenvalue weighted by molar-refractivity contribution is -0.121. The Bertz CT molecular complexity index is 706. The molecule has 0 saturated heterocycles. The summed E-state index contributed by atoms with van der Waals surface area (Å²) in [6, 6.07) is 11.0. The van der Waals surface area contributed by atoms with E-state index in [2.05, 4.69) is 16.0 Å². The standard InChI is InChI=1S/C19H24N2O3/c1-14(9-11-16-7-5-13-21(16)2)20-18(22)12-10-15-6-3-4-8-17(15)19(23)24/h3-8,13-14H,9-12H2,1-2H3,(H,20,22)(H,23,24). The van der Waals surface area contributed by atoms with Crippen molar-refractivity contribution in [2.24, 2.45) is 7.05 Å². The van der Waals surface area contributed by atoms with Crippen molar-refractivity contribution in [1.29, 1.82) is 0 Å². The lowest BCUT2D eigenvalue weighted by atomic mass is 10.0. The number of nitrogens with one attached hydrogen (secondary N) is 1. The Kier molecular flexibility index (Phi) is 6.18. The predicted octanol–water partition coefficient (Wildman–Crippen LogP) is 2.79. The van der Waals surface area contributed by atoms with Crippen molar-refractivity contribution in [2.75, 3.05) is 0 Å². The lowest BCUT2D eigenvalue weighted by Crippen LogP contribution is -2.33. The van der Waals surface area contributed by atoms with Crippen LogP contribution in [-0.2, 0) is 24.7 Å². The van der Waals surface area contributed by atoms with Gasteiger partial charge in [-0.1, -0.05) is 18.2 Å². The average Bonchev–Trinajstić information content (AvgIpc) is 2.96. The molecule has 0 spiro atoms. The second-order valence-corrected chi connectivity index (χ2v) is 6.08. The number of hydrogen-bond donors (Lipinski definition) is 2. The fourth-order valence-corrected chi connectivity index (χ4v) is 2.73. The number of hydrogen-bond acceptors (Lipinski definition) is 2. The quantitative estimate of drug-likeness (QED) is 0.783. The number of carbonyl (C=O) groups excluding carboxylic acids is 1. The van der Waals surface area contributed by atoms with Gasteiger partial charge in [0.2, 0.25) is 5.91 Å². The summed E-state index contributed by atoms with van der Waals surface area (Å²) in [7, 11) is 2.01. The van der Waals surface area contributed by atoms with Crippen LogP contribution in [0.3, 0.4) is 0 Å². The summed E-state index contributed by atoms with van der Waals surface area (Å²) >= 11 is 0. The fourth-order valence-electron chi connectivity index (χ4n) is 2.73. The molecule has 2 aromatic rings. The molecule has 1 atom stereocenters. The Morgan fingerprint density at radius 2 is 1.92 bits per heavy atom. The van der Waals surface area contributed by atoms with Gasteiger partial charge in [0.05, 0.1) is 5.56 Å². The summed E-state index contributed by atoms with van der Waals surface area (Å²) in [5.74, 6) is -1.00. The van der Waals surface area contributed by atoms with Gasteiger partial charge in [-0.2, -0.15) is 0 Å². The highest BCUT2D eigenvalue weighted by molar-refractivity contribution is 5.89. The maximum atomic E-state index is 12.1. The zero-order chi connectivity index (χ0) is 17.5. The molecule has 0 bridgehead atoms. The van der Waals surface area contributed by atoms with Crippen LogP contribution in [0.25, 0.3) is 0 Å². The molecule has 1 heterocycles. The van der Waals surface area contributed by atoms with Crippen molar-refractivity contribution in [3.63, 3.8) is 0 Å². The number of aryl methyl sites for hydroxylation is 3. The van der Waals surface area contributed by atoms with Crippen LogP contribution < -0.4 is 5.32 Å². The molecular formula is C19H24N2O3. The highest BCUT2D eigenvalue weighted by atomic mass is 16.4. The SMILES string of the molecule is CC(CCc1cccn1C)NC(=O)CCc1ccccc1C(=O)O. The molecule has 1 aromatic carbocycles. The van der Waals surface area contributed by atoms with Crippen molar-refractivity contribution in [2.45, 2.75) is 38.6 Å². The summed E-state index contributed by atoms with van der Waals surface area (Å²) in [6.45, 7) is 1.99. The van der Waals surface area contributed by atoms with E-state index in [0.29, 0.717) is 18.4 Å². The number of nitrogens with zero attached hydrogens (tertiary/aromatic N) is 1. The Morgan fingerprint density at radius 3 is 2.58 bits per heavy atom. The number of aromatic carboxylic acids is 1. The number of amides is 1. The van der Waals surface area contributed by atoms with Crippen molar-refractivity contribution in [3.05, 3.63) is 59.4 Å². The van der Waals surface area contributed by atoms with Crippen LogP contribution in [-0.4, -0.2) is 27.6 Å². The van der Waals surface area contributed by atoms with Crippen molar-refractivity contribution >= 4 is 11.9 Å². The number of aromatic nitrogens is 1. The van der Waals surface area contributed by atoms with Gasteiger partial charge in [0, 0.05) is 31.4 Å². The number of carbonyl (C=O) groups is 2. The van der Waals surface area contributed by atoms with Gasteiger partial charge in [-0.25, -0.2) is 4.79 Å². The summed E-state index contributed by atoms with van der Waals surface area (Å²) < 4.78 is 2.08. The maximum Gasteiger partial charge on any atom is 0.335 e. The van der Waals surface area contributed by atoms with Gasteiger partial charge >= 0.3 is 5.97 Å². The Hall–Kier alpha value is -2.56. The van der Waals surface area contributed by atoms with Crippen molar-refractivity contribution in [1.82, 2.24) is 9.88 Å². The number of carboxylic acids is 1. The van der Waals surface area contributed by atoms with E-state index in [-0.39, 0.29) is 17.5 Å². The van der Waals surface area contributed by atoms with E-state index < -0.39 is 5.97 Å². The molecule has 1 unspecified atom stereocenters. The molecule has 0 aliphatic carbocycles. The first kappa shape index (κ1) is 17.8. The van der Waals surface area contributed by atoms with Crippen LogP contribution in [0.2, 0.25) is 0 Å². The zero-order valence-electron chi connectivity index (χ0n) is 14.2. The number of benzene rings is 1. The molecule has 2 N–H and O–H groups in total. The fraction of sp³-hybridized carbons (Fsp3) is 0.368. The Labute approximate surface area is 142 Å². The molecule has 2 rings (SSSR count). The van der Waals surface area contributed by atoms with Crippen LogP contribution in [0.5, 0.6) is 0 Å². The van der Waals surface area contributed by atoms with E-state index >= 15 is 0 Å². The number of rotatable bonds is 8. The molecule has 1 amide bonds. The molecule has 0 saturated carbocycles. The van der Waals surface area contributed by atoms with E-state index in [1.54, 1.807) is 24.3 Å². The normalized spacial score (nSPS) is 11.9. The van der Waals surface area contributed by atoms with Gasteiger partial charge in [-0.3, -0.25) is 4.79 Å². The van der Waals surface area contributed by atoms with E-state index in [0.717, 1.165) is 12.8 Å². The lowest BCUT2D eigenvalue weighted by Gasteiger charge is -2.14. The Morgan fingerprint density at radius 1 is 1.17 bits per heavy atom. The minimum absolute atomic E-state index is 0.0467. The largest absolute Gasteiger partial charge is 0.478 e. The first-order valence-corrected chi connectivity index (χ1v) is 8.18. The van der Waals surface area contributed by atoms with Crippen molar-refractivity contribution in [3.8, 4) is 0 Å². The molecule has 128 valence electrons. The summed E-state index contributed by atoms with van der Waals surface area (Å²) in [5, 5.41) is 12.1. The molecule has 0 radical (unpaired) electrons. The van der Waals surface area contributed by atoms with E-state index in [1.807, 2.05) is 26.2 Å². The van der Waals surface area contributed by atoms with Gasteiger partial charge in [0.25, 0.3) is 0 Å². The summed E-state index contributed by atoms with van der Waals surface area (Å²) in [4.78, 5) is 23.2. The monoisotopic (exact) mass is 328 g/mol. The molecule has 5 nitrogen and oxygen atoms in total. The van der Waals surface area contributed by atoms with Crippen LogP contribution in [0.15, 0.2) is 42.6 Å². The number of carboxylic acid groups (broad SMARTS) is 1. The summed E-state index contributed by atoms with van der Waals surface area (Å²) in [6.07, 6.45) is 4.51. The van der Waals surface area contributed by atoms with Gasteiger partial charge in [0.1, 0.15) is 0 Å². The molecule has 5 heteroatoms. The topological polar surface area (TPSA) is 71.3 Å². The van der Waals surface area contributed by atoms with Gasteiger partial charge in [0.15, 0.2) is 0 Å². The average molecular weight is 328 g/mol. The highest BCUT2D eigenvalue weighted by Crippen LogP contribution is 2.11. The predicted molar refractivity (Wildman–Crippen MR) is 93.1 cm³/mol. The maximum absolute atomic E-state index is 12.1. The van der Waals surface area contributed by atoms with Crippen LogP contribution >= 0.6 is 0 Å². The van der Waals surface area contributed by atoms with Crippen LogP contribution in [0.4, 0.5) is 0 Å². The minimum Gasteiger partial charge on any atom is -0.478 e. The molecule has 1 aromatic heterocycles. The third kappa shape index (κ3) is 4.98. The molecule has 24 heavy (non-hydrogen) atoms. The van der Waals surface area contributed by atoms with Crippen LogP contribution in [0.1, 0.15) is 41.4 Å².